The van der Waals surface area contributed by atoms with Crippen LogP contribution < -0.4 is 0 Å². The molecule has 8 atom stereocenters. The normalized spacial score (nSPS) is 45.4. The Morgan fingerprint density at radius 3 is 2.60 bits per heavy atom. The lowest BCUT2D eigenvalue weighted by Crippen LogP contribution is -2.54. The van der Waals surface area contributed by atoms with Gasteiger partial charge >= 0.3 is 0 Å². The molecule has 4 aliphatic carbocycles. The first-order valence-electron chi connectivity index (χ1n) is 12.6. The number of ketones is 1. The van der Waals surface area contributed by atoms with Crippen molar-refractivity contribution in [3.8, 4) is 0 Å². The summed E-state index contributed by atoms with van der Waals surface area (Å²) in [6.45, 7) is 11.3. The van der Waals surface area contributed by atoms with Crippen molar-refractivity contribution in [2.75, 3.05) is 0 Å². The Morgan fingerprint density at radius 1 is 1.17 bits per heavy atom. The maximum Gasteiger partial charge on any atom is 0.155 e. The fourth-order valence-electron chi connectivity index (χ4n) is 8.72. The maximum absolute atomic E-state index is 12.0. The van der Waals surface area contributed by atoms with Crippen molar-refractivity contribution in [2.24, 2.45) is 40.4 Å². The van der Waals surface area contributed by atoms with Crippen molar-refractivity contribution in [1.82, 2.24) is 0 Å². The van der Waals surface area contributed by atoms with E-state index in [-0.39, 0.29) is 16.7 Å². The van der Waals surface area contributed by atoms with Crippen molar-refractivity contribution in [1.29, 1.82) is 0 Å². The van der Waals surface area contributed by atoms with Crippen LogP contribution in [0.2, 0.25) is 0 Å². The van der Waals surface area contributed by atoms with Crippen molar-refractivity contribution < 1.29 is 15.0 Å². The Hall–Kier alpha value is -0.670. The molecule has 0 radical (unpaired) electrons. The molecule has 0 aliphatic heterocycles. The summed E-state index contributed by atoms with van der Waals surface area (Å²) in [6.07, 6.45) is 11.5. The first-order chi connectivity index (χ1) is 14.0. The zero-order valence-electron chi connectivity index (χ0n) is 19.9. The van der Waals surface area contributed by atoms with Crippen molar-refractivity contribution in [3.05, 3.63) is 11.6 Å². The number of aliphatic hydroxyl groups is 2. The van der Waals surface area contributed by atoms with Crippen molar-refractivity contribution in [2.45, 2.75) is 111 Å². The van der Waals surface area contributed by atoms with Gasteiger partial charge in [-0.3, -0.25) is 4.79 Å². The van der Waals surface area contributed by atoms with Gasteiger partial charge in [-0.2, -0.15) is 0 Å². The van der Waals surface area contributed by atoms with Gasteiger partial charge in [0, 0.05) is 12.3 Å². The largest absolute Gasteiger partial charge is 0.393 e. The predicted octanol–water partition coefficient (Wildman–Crippen LogP) is 5.68. The molecule has 3 saturated carbocycles. The summed E-state index contributed by atoms with van der Waals surface area (Å²) < 4.78 is 0. The van der Waals surface area contributed by atoms with E-state index in [0.29, 0.717) is 35.9 Å². The van der Waals surface area contributed by atoms with E-state index in [0.717, 1.165) is 51.4 Å². The number of rotatable bonds is 5. The lowest BCUT2D eigenvalue weighted by atomic mass is 9.46. The molecule has 8 unspecified atom stereocenters. The van der Waals surface area contributed by atoms with Gasteiger partial charge in [-0.25, -0.2) is 0 Å². The summed E-state index contributed by atoms with van der Waals surface area (Å²) in [6, 6.07) is 0. The summed E-state index contributed by atoms with van der Waals surface area (Å²) in [5.74, 6) is 2.67. The summed E-state index contributed by atoms with van der Waals surface area (Å²) in [5, 5.41) is 22.8. The van der Waals surface area contributed by atoms with Crippen LogP contribution in [0, 0.1) is 40.4 Å². The van der Waals surface area contributed by atoms with Crippen LogP contribution in [0.4, 0.5) is 0 Å². The minimum atomic E-state index is -0.800. The number of hydrogen-bond acceptors (Lipinski definition) is 3. The molecule has 0 amide bonds. The number of fused-ring (bicyclic) bond motifs is 5. The van der Waals surface area contributed by atoms with E-state index in [4.69, 9.17) is 0 Å². The highest BCUT2D eigenvalue weighted by Gasteiger charge is 2.64. The molecule has 30 heavy (non-hydrogen) atoms. The molecule has 0 spiro atoms. The maximum atomic E-state index is 12.0. The fourth-order valence-corrected chi connectivity index (χ4v) is 8.72. The lowest BCUT2D eigenvalue weighted by Gasteiger charge is -2.59. The van der Waals surface area contributed by atoms with Gasteiger partial charge in [0.2, 0.25) is 0 Å². The van der Waals surface area contributed by atoms with Crippen LogP contribution in [0.25, 0.3) is 0 Å². The Morgan fingerprint density at radius 2 is 1.90 bits per heavy atom. The Labute approximate surface area is 183 Å². The van der Waals surface area contributed by atoms with Gasteiger partial charge in [0.25, 0.3) is 0 Å². The van der Waals surface area contributed by atoms with E-state index in [1.807, 2.05) is 13.0 Å². The molecule has 0 saturated heterocycles. The highest BCUT2D eigenvalue weighted by molar-refractivity contribution is 5.91. The highest BCUT2D eigenvalue weighted by Crippen LogP contribution is 2.68. The third-order valence-electron chi connectivity index (χ3n) is 10.1. The van der Waals surface area contributed by atoms with Crippen LogP contribution >= 0.6 is 0 Å². The fraction of sp³-hybridized carbons (Fsp3) is 0.889. The van der Waals surface area contributed by atoms with E-state index >= 15 is 0 Å². The summed E-state index contributed by atoms with van der Waals surface area (Å²) in [5.41, 5.74) is 0.788. The Balaban J connectivity index is 1.57. The van der Waals surface area contributed by atoms with Crippen LogP contribution in [-0.2, 0) is 4.79 Å². The molecule has 3 fully saturated rings. The van der Waals surface area contributed by atoms with Gasteiger partial charge in [-0.1, -0.05) is 46.1 Å². The van der Waals surface area contributed by atoms with Crippen molar-refractivity contribution >= 4 is 5.78 Å². The molecule has 0 aromatic rings. The molecule has 4 aliphatic rings. The van der Waals surface area contributed by atoms with Crippen molar-refractivity contribution in [3.63, 3.8) is 0 Å². The first kappa shape index (κ1) is 22.5. The van der Waals surface area contributed by atoms with Crippen LogP contribution in [-0.4, -0.2) is 27.7 Å². The standard InChI is InChI=1S/C27H44O3/c1-17(2)7-6-12-27(5,30)24-23(29)16-22-20-9-8-18-15-19(28)10-13-25(18,3)21(20)11-14-26(22,24)4/h15,17,20-24,29-30H,6-14,16H2,1-5H3. The van der Waals surface area contributed by atoms with E-state index in [2.05, 4.69) is 27.7 Å². The second-order valence-electron chi connectivity index (χ2n) is 12.4. The molecule has 0 bridgehead atoms. The Bertz CT molecular complexity index is 707. The SMILES string of the molecule is CC(C)CCCC(C)(O)C1C(O)CC2C3CCC4=CC(=O)CCC4(C)C3CCC21C. The number of allylic oxidation sites excluding steroid dienone is 1. The Kier molecular flexibility index (Phi) is 5.80. The van der Waals surface area contributed by atoms with Gasteiger partial charge in [0.05, 0.1) is 11.7 Å². The zero-order chi connectivity index (χ0) is 21.9. The number of carbonyl (C=O) groups excluding carboxylic acids is 1. The molecule has 0 aromatic carbocycles. The van der Waals surface area contributed by atoms with Gasteiger partial charge in [-0.05, 0) is 92.4 Å². The number of hydrogen-bond donors (Lipinski definition) is 2. The molecule has 4 rings (SSSR count). The molecular weight excluding hydrogens is 372 g/mol. The third kappa shape index (κ3) is 3.52. The first-order valence-corrected chi connectivity index (χ1v) is 12.6. The minimum absolute atomic E-state index is 0.0178. The zero-order valence-corrected chi connectivity index (χ0v) is 19.9. The molecule has 0 aromatic heterocycles. The molecule has 3 nitrogen and oxygen atoms in total. The van der Waals surface area contributed by atoms with Gasteiger partial charge < -0.3 is 10.2 Å². The second-order valence-corrected chi connectivity index (χ2v) is 12.4. The molecular formula is C27H44O3. The van der Waals surface area contributed by atoms with Crippen LogP contribution in [0.5, 0.6) is 0 Å². The topological polar surface area (TPSA) is 57.5 Å². The summed E-state index contributed by atoms with van der Waals surface area (Å²) in [7, 11) is 0. The number of carbonyl (C=O) groups is 1. The average Bonchev–Trinajstić information content (AvgIpc) is 2.92. The molecule has 170 valence electrons. The monoisotopic (exact) mass is 416 g/mol. The quantitative estimate of drug-likeness (QED) is 0.606. The highest BCUT2D eigenvalue weighted by atomic mass is 16.3. The van der Waals surface area contributed by atoms with Gasteiger partial charge in [0.15, 0.2) is 5.78 Å². The lowest BCUT2D eigenvalue weighted by molar-refractivity contribution is -0.128. The second kappa shape index (κ2) is 7.73. The minimum Gasteiger partial charge on any atom is -0.393 e. The third-order valence-corrected chi connectivity index (χ3v) is 10.1. The molecule has 2 N–H and O–H groups in total. The van der Waals surface area contributed by atoms with Gasteiger partial charge in [-0.15, -0.1) is 0 Å². The van der Waals surface area contributed by atoms with Crippen LogP contribution in [0.1, 0.15) is 98.8 Å². The molecule has 0 heterocycles. The number of aliphatic hydroxyl groups excluding tert-OH is 1. The average molecular weight is 417 g/mol. The van der Waals surface area contributed by atoms with Crippen LogP contribution in [0.3, 0.4) is 0 Å². The predicted molar refractivity (Wildman–Crippen MR) is 121 cm³/mol. The van der Waals surface area contributed by atoms with E-state index in [1.165, 1.54) is 12.0 Å². The summed E-state index contributed by atoms with van der Waals surface area (Å²) in [4.78, 5) is 12.0. The molecule has 3 heteroatoms. The van der Waals surface area contributed by atoms with Gasteiger partial charge in [0.1, 0.15) is 0 Å². The summed E-state index contributed by atoms with van der Waals surface area (Å²) >= 11 is 0. The van der Waals surface area contributed by atoms with Crippen LogP contribution in [0.15, 0.2) is 11.6 Å². The van der Waals surface area contributed by atoms with E-state index in [1.54, 1.807) is 0 Å². The van der Waals surface area contributed by atoms with E-state index < -0.39 is 11.7 Å². The smallest absolute Gasteiger partial charge is 0.155 e. The van der Waals surface area contributed by atoms with E-state index in [9.17, 15) is 15.0 Å².